The number of hydrogen-bond acceptors (Lipinski definition) is 3. The minimum absolute atomic E-state index is 0.0544. The summed E-state index contributed by atoms with van der Waals surface area (Å²) in [5, 5.41) is 13.4. The molecule has 0 aromatic heterocycles. The number of aromatic carboxylic acids is 1. The Morgan fingerprint density at radius 1 is 0.880 bits per heavy atom. The summed E-state index contributed by atoms with van der Waals surface area (Å²) in [5.74, 6) is 2.39. The summed E-state index contributed by atoms with van der Waals surface area (Å²) in [5.41, 5.74) is 4.78. The van der Waals surface area contributed by atoms with Crippen LogP contribution in [0.4, 0.5) is 0 Å². The highest BCUT2D eigenvalue weighted by molar-refractivity contribution is 5.88. The third-order valence-corrected chi connectivity index (χ3v) is 18.4. The fourth-order valence-electron chi connectivity index (χ4n) is 15.1. The standard InChI is InChI=1S/C45H64N2O3/c1-28(2)33-17-20-45(46-37(48)27-47-26-29-9-14-32(47)25-29)24-22-41(5)35(38(33)45)15-16-36-42(41,6)21-23-44(8)40(3,4)34(18-19-43(36,44)7)30-10-12-31(13-11-30)39(49)50/h10-13,18,29,32-33,35-36,38H,1,9,14-17,19-27H2,2-8H3,(H,46,48)(H,49,50). The number of amides is 1. The number of carboxylic acid groups (broad SMARTS) is 1. The smallest absolute Gasteiger partial charge is 0.335 e. The zero-order valence-electron chi connectivity index (χ0n) is 32.2. The number of carbonyl (C=O) groups excluding carboxylic acids is 1. The molecule has 1 aromatic carbocycles. The van der Waals surface area contributed by atoms with Gasteiger partial charge in [-0.2, -0.15) is 0 Å². The fourth-order valence-corrected chi connectivity index (χ4v) is 15.1. The van der Waals surface area contributed by atoms with Crippen molar-refractivity contribution >= 4 is 17.4 Å². The molecule has 11 atom stereocenters. The van der Waals surface area contributed by atoms with Crippen molar-refractivity contribution in [3.05, 3.63) is 53.6 Å². The zero-order chi connectivity index (χ0) is 35.6. The molecule has 2 N–H and O–H groups in total. The molecule has 272 valence electrons. The van der Waals surface area contributed by atoms with Crippen LogP contribution in [-0.2, 0) is 4.79 Å². The number of rotatable bonds is 6. The molecule has 7 aliphatic rings. The number of nitrogens with one attached hydrogen (secondary N) is 1. The van der Waals surface area contributed by atoms with E-state index in [-0.39, 0.29) is 38.5 Å². The Bertz CT molecular complexity index is 1630. The van der Waals surface area contributed by atoms with Gasteiger partial charge in [0.05, 0.1) is 12.1 Å². The van der Waals surface area contributed by atoms with Gasteiger partial charge < -0.3 is 10.4 Å². The van der Waals surface area contributed by atoms with E-state index in [1.807, 2.05) is 12.1 Å². The van der Waals surface area contributed by atoms with Crippen LogP contribution < -0.4 is 5.32 Å². The van der Waals surface area contributed by atoms with E-state index in [0.717, 1.165) is 38.1 Å². The van der Waals surface area contributed by atoms with Crippen LogP contribution in [0.15, 0.2) is 42.5 Å². The SMILES string of the molecule is C=C(C)C1CCC2(NC(=O)CN3CC4CCC3C4)CCC3(C)C(CCC4C3(C)CCC3(C)C(C)(C)C(c5ccc(C(=O)O)cc5)=CCC43C)C12. The monoisotopic (exact) mass is 680 g/mol. The molecule has 11 unspecified atom stereocenters. The summed E-state index contributed by atoms with van der Waals surface area (Å²) in [4.78, 5) is 28.1. The molecule has 5 nitrogen and oxygen atoms in total. The molecular weight excluding hydrogens is 617 g/mol. The number of hydrogen-bond donors (Lipinski definition) is 2. The molecule has 6 aliphatic carbocycles. The van der Waals surface area contributed by atoms with Crippen molar-refractivity contribution in [2.24, 2.45) is 56.7 Å². The van der Waals surface area contributed by atoms with E-state index in [9.17, 15) is 14.7 Å². The molecule has 0 radical (unpaired) electrons. The number of likely N-dealkylation sites (tertiary alicyclic amines) is 1. The first kappa shape index (κ1) is 34.7. The minimum atomic E-state index is -0.869. The molecule has 1 heterocycles. The number of carboxylic acids is 1. The highest BCUT2D eigenvalue weighted by atomic mass is 16.4. The van der Waals surface area contributed by atoms with Gasteiger partial charge in [0, 0.05) is 18.1 Å². The fraction of sp³-hybridized carbons (Fsp3) is 0.733. The molecule has 1 aliphatic heterocycles. The van der Waals surface area contributed by atoms with Gasteiger partial charge in [0.25, 0.3) is 0 Å². The van der Waals surface area contributed by atoms with Crippen LogP contribution in [0, 0.1) is 56.7 Å². The maximum atomic E-state index is 14.0. The number of benzene rings is 1. The van der Waals surface area contributed by atoms with Crippen LogP contribution in [0.25, 0.3) is 5.57 Å². The van der Waals surface area contributed by atoms with Crippen LogP contribution in [0.2, 0.25) is 0 Å². The summed E-state index contributed by atoms with van der Waals surface area (Å²) in [7, 11) is 0. The molecule has 50 heavy (non-hydrogen) atoms. The van der Waals surface area contributed by atoms with Crippen molar-refractivity contribution in [1.82, 2.24) is 10.2 Å². The highest BCUT2D eigenvalue weighted by Gasteiger charge is 2.73. The van der Waals surface area contributed by atoms with E-state index in [4.69, 9.17) is 0 Å². The van der Waals surface area contributed by atoms with E-state index in [1.54, 1.807) is 12.1 Å². The summed E-state index contributed by atoms with van der Waals surface area (Å²) >= 11 is 0. The predicted octanol–water partition coefficient (Wildman–Crippen LogP) is 9.78. The number of piperidine rings is 1. The molecule has 6 fully saturated rings. The zero-order valence-corrected chi connectivity index (χ0v) is 32.2. The van der Waals surface area contributed by atoms with Crippen LogP contribution in [0.3, 0.4) is 0 Å². The summed E-state index contributed by atoms with van der Waals surface area (Å²) in [6.45, 7) is 24.1. The molecule has 0 spiro atoms. The molecule has 8 rings (SSSR count). The first-order valence-corrected chi connectivity index (χ1v) is 20.2. The third kappa shape index (κ3) is 4.52. The maximum absolute atomic E-state index is 14.0. The number of carbonyl (C=O) groups is 2. The largest absolute Gasteiger partial charge is 0.478 e. The third-order valence-electron chi connectivity index (χ3n) is 18.4. The Kier molecular flexibility index (Phi) is 7.84. The van der Waals surface area contributed by atoms with Crippen molar-refractivity contribution in [2.45, 2.75) is 137 Å². The van der Waals surface area contributed by atoms with E-state index in [2.05, 4.69) is 71.3 Å². The lowest BCUT2D eigenvalue weighted by Crippen LogP contribution is -2.70. The molecule has 1 saturated heterocycles. The molecular formula is C45H64N2O3. The number of allylic oxidation sites excluding steroid dienone is 3. The lowest BCUT2D eigenvalue weighted by molar-refractivity contribution is -0.244. The van der Waals surface area contributed by atoms with Gasteiger partial charge in [-0.3, -0.25) is 9.69 Å². The van der Waals surface area contributed by atoms with Gasteiger partial charge in [-0.25, -0.2) is 4.79 Å². The van der Waals surface area contributed by atoms with E-state index < -0.39 is 5.97 Å². The second-order valence-corrected chi connectivity index (χ2v) is 20.1. The maximum Gasteiger partial charge on any atom is 0.335 e. The predicted molar refractivity (Wildman–Crippen MR) is 201 cm³/mol. The van der Waals surface area contributed by atoms with E-state index >= 15 is 0 Å². The highest BCUT2D eigenvalue weighted by Crippen LogP contribution is 2.79. The van der Waals surface area contributed by atoms with Crippen LogP contribution in [0.1, 0.15) is 141 Å². The first-order valence-electron chi connectivity index (χ1n) is 20.2. The van der Waals surface area contributed by atoms with Gasteiger partial charge in [0.2, 0.25) is 5.91 Å². The second-order valence-electron chi connectivity index (χ2n) is 20.1. The Hall–Kier alpha value is -2.40. The lowest BCUT2D eigenvalue weighted by atomic mass is 9.30. The number of nitrogens with zero attached hydrogens (tertiary/aromatic N) is 1. The molecule has 2 bridgehead atoms. The van der Waals surface area contributed by atoms with E-state index in [1.165, 1.54) is 68.1 Å². The first-order chi connectivity index (χ1) is 23.5. The lowest BCUT2D eigenvalue weighted by Gasteiger charge is -2.75. The quantitative estimate of drug-likeness (QED) is 0.294. The van der Waals surface area contributed by atoms with Crippen molar-refractivity contribution in [2.75, 3.05) is 13.1 Å². The number of fused-ring (bicyclic) bond motifs is 9. The summed E-state index contributed by atoms with van der Waals surface area (Å²) in [6, 6.07) is 8.23. The van der Waals surface area contributed by atoms with Gasteiger partial charge in [-0.1, -0.05) is 71.9 Å². The minimum Gasteiger partial charge on any atom is -0.478 e. The molecule has 1 amide bonds. The molecule has 1 aromatic rings. The Balaban J connectivity index is 1.10. The van der Waals surface area contributed by atoms with Crippen LogP contribution in [-0.4, -0.2) is 46.6 Å². The topological polar surface area (TPSA) is 69.6 Å². The van der Waals surface area contributed by atoms with Gasteiger partial charge in [0.15, 0.2) is 0 Å². The average molecular weight is 681 g/mol. The van der Waals surface area contributed by atoms with Crippen molar-refractivity contribution < 1.29 is 14.7 Å². The second kappa shape index (κ2) is 11.3. The van der Waals surface area contributed by atoms with Crippen molar-refractivity contribution in [3.8, 4) is 0 Å². The van der Waals surface area contributed by atoms with Crippen molar-refractivity contribution in [1.29, 1.82) is 0 Å². The Labute approximate surface area is 302 Å². The van der Waals surface area contributed by atoms with E-state index in [0.29, 0.717) is 41.8 Å². The average Bonchev–Trinajstić information content (AvgIpc) is 3.78. The molecule has 5 heteroatoms. The van der Waals surface area contributed by atoms with Crippen molar-refractivity contribution in [3.63, 3.8) is 0 Å². The van der Waals surface area contributed by atoms with Gasteiger partial charge in [0.1, 0.15) is 0 Å². The Morgan fingerprint density at radius 3 is 2.24 bits per heavy atom. The van der Waals surface area contributed by atoms with Crippen LogP contribution in [0.5, 0.6) is 0 Å². The van der Waals surface area contributed by atoms with Gasteiger partial charge in [-0.15, -0.1) is 0 Å². The summed E-state index contributed by atoms with van der Waals surface area (Å²) < 4.78 is 0. The summed E-state index contributed by atoms with van der Waals surface area (Å²) in [6.07, 6.45) is 17.0. The van der Waals surface area contributed by atoms with Gasteiger partial charge in [-0.05, 0) is 164 Å². The Morgan fingerprint density at radius 2 is 1.60 bits per heavy atom. The van der Waals surface area contributed by atoms with Gasteiger partial charge >= 0.3 is 5.97 Å². The molecule has 5 saturated carbocycles. The normalized spacial score (nSPS) is 45.9. The van der Waals surface area contributed by atoms with Crippen LogP contribution >= 0.6 is 0 Å².